The van der Waals surface area contributed by atoms with Gasteiger partial charge in [-0.2, -0.15) is 13.2 Å². The van der Waals surface area contributed by atoms with E-state index in [0.29, 0.717) is 11.3 Å². The smallest absolute Gasteiger partial charge is 0.471 e. The summed E-state index contributed by atoms with van der Waals surface area (Å²) in [5.41, 5.74) is 0.752. The molecular formula is C12H14F3NO2. The minimum atomic E-state index is -4.85. The van der Waals surface area contributed by atoms with E-state index in [1.807, 2.05) is 0 Å². The molecule has 6 heteroatoms. The van der Waals surface area contributed by atoms with Gasteiger partial charge in [0.25, 0.3) is 0 Å². The summed E-state index contributed by atoms with van der Waals surface area (Å²) in [6, 6.07) is 5.54. The highest BCUT2D eigenvalue weighted by Crippen LogP contribution is 2.20. The van der Waals surface area contributed by atoms with Crippen molar-refractivity contribution in [2.24, 2.45) is 0 Å². The Morgan fingerprint density at radius 3 is 2.28 bits per heavy atom. The van der Waals surface area contributed by atoms with Crippen molar-refractivity contribution in [2.45, 2.75) is 25.6 Å². The number of benzene rings is 1. The van der Waals surface area contributed by atoms with Crippen molar-refractivity contribution in [1.82, 2.24) is 4.90 Å². The fourth-order valence-corrected chi connectivity index (χ4v) is 1.51. The van der Waals surface area contributed by atoms with E-state index in [2.05, 4.69) is 0 Å². The number of carbonyl (C=O) groups excluding carboxylic acids is 1. The Kier molecular flexibility index (Phi) is 4.21. The Balaban J connectivity index is 2.68. The Bertz CT molecular complexity index is 414. The van der Waals surface area contributed by atoms with Gasteiger partial charge in [0.1, 0.15) is 5.75 Å². The lowest BCUT2D eigenvalue weighted by molar-refractivity contribution is -0.185. The van der Waals surface area contributed by atoms with Crippen LogP contribution in [-0.2, 0) is 11.2 Å². The van der Waals surface area contributed by atoms with Crippen LogP contribution in [0.4, 0.5) is 13.2 Å². The number of hydrogen-bond donors (Lipinski definition) is 1. The lowest BCUT2D eigenvalue weighted by atomic mass is 10.1. The van der Waals surface area contributed by atoms with E-state index in [9.17, 15) is 18.0 Å². The van der Waals surface area contributed by atoms with Crippen LogP contribution in [0.15, 0.2) is 24.3 Å². The van der Waals surface area contributed by atoms with Crippen LogP contribution < -0.4 is 0 Å². The van der Waals surface area contributed by atoms with Gasteiger partial charge in [0.05, 0.1) is 0 Å². The lowest BCUT2D eigenvalue weighted by Gasteiger charge is -2.25. The van der Waals surface area contributed by atoms with Crippen molar-refractivity contribution < 1.29 is 23.1 Å². The fraction of sp³-hybridized carbons (Fsp3) is 0.417. The maximum Gasteiger partial charge on any atom is 0.471 e. The third kappa shape index (κ3) is 3.65. The highest BCUT2D eigenvalue weighted by molar-refractivity contribution is 5.81. The van der Waals surface area contributed by atoms with Gasteiger partial charge in [-0.3, -0.25) is 4.79 Å². The average molecular weight is 261 g/mol. The van der Waals surface area contributed by atoms with Crippen molar-refractivity contribution in [2.75, 3.05) is 7.05 Å². The van der Waals surface area contributed by atoms with Gasteiger partial charge in [-0.05, 0) is 31.0 Å². The summed E-state index contributed by atoms with van der Waals surface area (Å²) < 4.78 is 36.7. The second kappa shape index (κ2) is 5.29. The van der Waals surface area contributed by atoms with E-state index in [1.54, 1.807) is 12.1 Å². The van der Waals surface area contributed by atoms with Crippen molar-refractivity contribution >= 4 is 5.91 Å². The third-order valence-corrected chi connectivity index (χ3v) is 2.69. The molecule has 0 spiro atoms. The first-order valence-electron chi connectivity index (χ1n) is 5.33. The van der Waals surface area contributed by atoms with Gasteiger partial charge >= 0.3 is 12.1 Å². The number of amides is 1. The molecule has 0 radical (unpaired) electrons. The van der Waals surface area contributed by atoms with Gasteiger partial charge < -0.3 is 10.0 Å². The number of rotatable bonds is 3. The van der Waals surface area contributed by atoms with Gasteiger partial charge in [0, 0.05) is 13.1 Å². The number of carbonyl (C=O) groups is 1. The molecule has 18 heavy (non-hydrogen) atoms. The Hall–Kier alpha value is -1.72. The minimum Gasteiger partial charge on any atom is -0.508 e. The predicted molar refractivity (Wildman–Crippen MR) is 60.1 cm³/mol. The SMILES string of the molecule is CC(Cc1ccc(O)cc1)N(C)C(=O)C(F)(F)F. The maximum atomic E-state index is 12.2. The van der Waals surface area contributed by atoms with Crippen LogP contribution in [0.5, 0.6) is 5.75 Å². The first-order chi connectivity index (χ1) is 8.21. The molecule has 0 saturated heterocycles. The highest BCUT2D eigenvalue weighted by Gasteiger charge is 2.42. The van der Waals surface area contributed by atoms with Crippen LogP contribution in [0, 0.1) is 0 Å². The monoisotopic (exact) mass is 261 g/mol. The molecule has 1 amide bonds. The summed E-state index contributed by atoms with van der Waals surface area (Å²) in [6.45, 7) is 1.54. The molecular weight excluding hydrogens is 247 g/mol. The number of phenolic OH excluding ortho intramolecular Hbond substituents is 1. The molecule has 0 saturated carbocycles. The molecule has 0 aliphatic carbocycles. The number of hydrogen-bond acceptors (Lipinski definition) is 2. The number of alkyl halides is 3. The Labute approximate surface area is 103 Å². The number of likely N-dealkylation sites (N-methyl/N-ethyl adjacent to an activating group) is 1. The Morgan fingerprint density at radius 2 is 1.83 bits per heavy atom. The maximum absolute atomic E-state index is 12.2. The van der Waals surface area contributed by atoms with E-state index in [4.69, 9.17) is 5.11 Å². The first kappa shape index (κ1) is 14.3. The number of aromatic hydroxyl groups is 1. The largest absolute Gasteiger partial charge is 0.508 e. The fourth-order valence-electron chi connectivity index (χ4n) is 1.51. The van der Waals surface area contributed by atoms with Crippen molar-refractivity contribution in [3.63, 3.8) is 0 Å². The number of nitrogens with zero attached hydrogens (tertiary/aromatic N) is 1. The molecule has 0 aliphatic rings. The predicted octanol–water partition coefficient (Wildman–Crippen LogP) is 2.34. The molecule has 0 bridgehead atoms. The first-order valence-corrected chi connectivity index (χ1v) is 5.33. The van der Waals surface area contributed by atoms with E-state index in [0.717, 1.165) is 12.6 Å². The molecule has 3 nitrogen and oxygen atoms in total. The second-order valence-electron chi connectivity index (χ2n) is 4.13. The zero-order valence-corrected chi connectivity index (χ0v) is 10.0. The standard InChI is InChI=1S/C12H14F3NO2/c1-8(16(2)11(18)12(13,14)15)7-9-3-5-10(17)6-4-9/h3-6,8,17H,7H2,1-2H3. The summed E-state index contributed by atoms with van der Waals surface area (Å²) >= 11 is 0. The van der Waals surface area contributed by atoms with Crippen LogP contribution in [0.2, 0.25) is 0 Å². The van der Waals surface area contributed by atoms with Crippen LogP contribution in [-0.4, -0.2) is 35.2 Å². The second-order valence-corrected chi connectivity index (χ2v) is 4.13. The highest BCUT2D eigenvalue weighted by atomic mass is 19.4. The molecule has 100 valence electrons. The van der Waals surface area contributed by atoms with Gasteiger partial charge in [-0.25, -0.2) is 0 Å². The zero-order valence-electron chi connectivity index (χ0n) is 10.0. The van der Waals surface area contributed by atoms with Gasteiger partial charge in [-0.1, -0.05) is 12.1 Å². The van der Waals surface area contributed by atoms with Crippen LogP contribution in [0.1, 0.15) is 12.5 Å². The molecule has 0 aromatic heterocycles. The summed E-state index contributed by atoms with van der Waals surface area (Å²) in [6.07, 6.45) is -4.56. The number of halogens is 3. The van der Waals surface area contributed by atoms with Crippen molar-refractivity contribution in [3.8, 4) is 5.75 Å². The molecule has 1 N–H and O–H groups in total. The van der Waals surface area contributed by atoms with Crippen LogP contribution >= 0.6 is 0 Å². The molecule has 1 unspecified atom stereocenters. The lowest BCUT2D eigenvalue weighted by Crippen LogP contribution is -2.44. The molecule has 0 heterocycles. The normalized spacial score (nSPS) is 13.2. The third-order valence-electron chi connectivity index (χ3n) is 2.69. The molecule has 1 aromatic carbocycles. The summed E-state index contributed by atoms with van der Waals surface area (Å²) in [5, 5.41) is 9.08. The van der Waals surface area contributed by atoms with Crippen molar-refractivity contribution in [1.29, 1.82) is 0 Å². The average Bonchev–Trinajstić information content (AvgIpc) is 2.29. The van der Waals surface area contributed by atoms with Crippen LogP contribution in [0.25, 0.3) is 0 Å². The summed E-state index contributed by atoms with van der Waals surface area (Å²) in [5.74, 6) is -1.76. The van der Waals surface area contributed by atoms with E-state index >= 15 is 0 Å². The molecule has 1 aromatic rings. The topological polar surface area (TPSA) is 40.5 Å². The van der Waals surface area contributed by atoms with E-state index in [1.165, 1.54) is 19.1 Å². The number of phenols is 1. The van der Waals surface area contributed by atoms with Crippen LogP contribution in [0.3, 0.4) is 0 Å². The van der Waals surface area contributed by atoms with Gasteiger partial charge in [0.15, 0.2) is 0 Å². The molecule has 0 fully saturated rings. The molecule has 1 atom stereocenters. The van der Waals surface area contributed by atoms with Gasteiger partial charge in [-0.15, -0.1) is 0 Å². The minimum absolute atomic E-state index is 0.0890. The van der Waals surface area contributed by atoms with E-state index in [-0.39, 0.29) is 5.75 Å². The molecule has 1 rings (SSSR count). The quantitative estimate of drug-likeness (QED) is 0.907. The zero-order chi connectivity index (χ0) is 13.9. The Morgan fingerprint density at radius 1 is 1.33 bits per heavy atom. The molecule has 0 aliphatic heterocycles. The van der Waals surface area contributed by atoms with E-state index < -0.39 is 18.1 Å². The van der Waals surface area contributed by atoms with Gasteiger partial charge in [0.2, 0.25) is 0 Å². The summed E-state index contributed by atoms with van der Waals surface area (Å²) in [7, 11) is 1.13. The summed E-state index contributed by atoms with van der Waals surface area (Å²) in [4.78, 5) is 11.7. The van der Waals surface area contributed by atoms with Crippen molar-refractivity contribution in [3.05, 3.63) is 29.8 Å².